The molecule has 0 aromatic rings. The highest BCUT2D eigenvalue weighted by Crippen LogP contribution is 2.00. The molecule has 0 bridgehead atoms. The standard InChI is InChI=1S/C11H24O4/c1-4-10(12)7-14-5-6-15-8-11(13)9(2)3/h9-13H,4-8H2,1-3H3. The summed E-state index contributed by atoms with van der Waals surface area (Å²) < 4.78 is 10.4. The Bertz CT molecular complexity index is 139. The molecule has 0 saturated carbocycles. The van der Waals surface area contributed by atoms with Gasteiger partial charge >= 0.3 is 0 Å². The Hall–Kier alpha value is -0.160. The van der Waals surface area contributed by atoms with Gasteiger partial charge in [0.25, 0.3) is 0 Å². The fourth-order valence-corrected chi connectivity index (χ4v) is 0.852. The van der Waals surface area contributed by atoms with Gasteiger partial charge < -0.3 is 19.7 Å². The highest BCUT2D eigenvalue weighted by atomic mass is 16.5. The zero-order valence-electron chi connectivity index (χ0n) is 9.98. The van der Waals surface area contributed by atoms with Gasteiger partial charge in [-0.2, -0.15) is 0 Å². The van der Waals surface area contributed by atoms with Crippen molar-refractivity contribution in [3.63, 3.8) is 0 Å². The van der Waals surface area contributed by atoms with Crippen LogP contribution in [0.15, 0.2) is 0 Å². The first-order valence-corrected chi connectivity index (χ1v) is 5.59. The number of hydrogen-bond donors (Lipinski definition) is 2. The van der Waals surface area contributed by atoms with E-state index < -0.39 is 6.10 Å². The van der Waals surface area contributed by atoms with E-state index in [1.165, 1.54) is 0 Å². The Labute approximate surface area is 92.2 Å². The van der Waals surface area contributed by atoms with E-state index in [1.54, 1.807) is 0 Å². The van der Waals surface area contributed by atoms with Gasteiger partial charge in [0.1, 0.15) is 0 Å². The van der Waals surface area contributed by atoms with Crippen LogP contribution in [-0.4, -0.2) is 48.8 Å². The fourth-order valence-electron chi connectivity index (χ4n) is 0.852. The van der Waals surface area contributed by atoms with Crippen molar-refractivity contribution in [2.75, 3.05) is 26.4 Å². The minimum atomic E-state index is -0.411. The van der Waals surface area contributed by atoms with Gasteiger partial charge in [0.05, 0.1) is 38.6 Å². The Morgan fingerprint density at radius 1 is 1.00 bits per heavy atom. The van der Waals surface area contributed by atoms with E-state index in [1.807, 2.05) is 20.8 Å². The summed E-state index contributed by atoms with van der Waals surface area (Å²) in [5.74, 6) is 0.216. The molecule has 0 heterocycles. The van der Waals surface area contributed by atoms with Crippen LogP contribution in [0.4, 0.5) is 0 Å². The second-order valence-corrected chi connectivity index (χ2v) is 4.02. The molecule has 92 valence electrons. The second kappa shape index (κ2) is 9.09. The van der Waals surface area contributed by atoms with Gasteiger partial charge in [-0.1, -0.05) is 20.8 Å². The molecular weight excluding hydrogens is 196 g/mol. The van der Waals surface area contributed by atoms with Gasteiger partial charge in [0.2, 0.25) is 0 Å². The first kappa shape index (κ1) is 14.8. The second-order valence-electron chi connectivity index (χ2n) is 4.02. The third-order valence-electron chi connectivity index (χ3n) is 2.21. The molecule has 0 aliphatic carbocycles. The van der Waals surface area contributed by atoms with Gasteiger partial charge in [-0.15, -0.1) is 0 Å². The molecule has 0 aliphatic heterocycles. The quantitative estimate of drug-likeness (QED) is 0.564. The molecule has 2 unspecified atom stereocenters. The molecular formula is C11H24O4. The van der Waals surface area contributed by atoms with E-state index in [4.69, 9.17) is 14.6 Å². The fraction of sp³-hybridized carbons (Fsp3) is 1.00. The van der Waals surface area contributed by atoms with E-state index >= 15 is 0 Å². The summed E-state index contributed by atoms with van der Waals surface area (Å²) in [4.78, 5) is 0. The van der Waals surface area contributed by atoms with Crippen LogP contribution < -0.4 is 0 Å². The topological polar surface area (TPSA) is 58.9 Å². The lowest BCUT2D eigenvalue weighted by molar-refractivity contribution is -0.0263. The number of ether oxygens (including phenoxy) is 2. The van der Waals surface area contributed by atoms with E-state index in [2.05, 4.69) is 0 Å². The summed E-state index contributed by atoms with van der Waals surface area (Å²) in [7, 11) is 0. The lowest BCUT2D eigenvalue weighted by Crippen LogP contribution is -2.23. The maximum absolute atomic E-state index is 9.40. The molecule has 0 amide bonds. The van der Waals surface area contributed by atoms with Gasteiger partial charge in [-0.05, 0) is 12.3 Å². The average Bonchev–Trinajstić information content (AvgIpc) is 2.22. The van der Waals surface area contributed by atoms with Crippen LogP contribution in [0.1, 0.15) is 27.2 Å². The minimum Gasteiger partial charge on any atom is -0.391 e. The molecule has 0 aromatic heterocycles. The molecule has 0 spiro atoms. The maximum Gasteiger partial charge on any atom is 0.0796 e. The lowest BCUT2D eigenvalue weighted by atomic mass is 10.1. The average molecular weight is 220 g/mol. The summed E-state index contributed by atoms with van der Waals surface area (Å²) >= 11 is 0. The molecule has 0 aliphatic rings. The smallest absolute Gasteiger partial charge is 0.0796 e. The van der Waals surface area contributed by atoms with Crippen molar-refractivity contribution in [1.29, 1.82) is 0 Å². The molecule has 0 fully saturated rings. The molecule has 0 radical (unpaired) electrons. The molecule has 4 heteroatoms. The Morgan fingerprint density at radius 3 is 2.00 bits per heavy atom. The number of aliphatic hydroxyl groups is 2. The van der Waals surface area contributed by atoms with Crippen LogP contribution in [0.2, 0.25) is 0 Å². The largest absolute Gasteiger partial charge is 0.391 e. The van der Waals surface area contributed by atoms with Gasteiger partial charge in [-0.3, -0.25) is 0 Å². The van der Waals surface area contributed by atoms with Crippen LogP contribution in [0.3, 0.4) is 0 Å². The maximum atomic E-state index is 9.40. The van der Waals surface area contributed by atoms with E-state index in [-0.39, 0.29) is 12.0 Å². The number of hydrogen-bond acceptors (Lipinski definition) is 4. The highest BCUT2D eigenvalue weighted by Gasteiger charge is 2.08. The first-order chi connectivity index (χ1) is 7.07. The van der Waals surface area contributed by atoms with Crippen molar-refractivity contribution >= 4 is 0 Å². The zero-order chi connectivity index (χ0) is 11.7. The molecule has 4 nitrogen and oxygen atoms in total. The van der Waals surface area contributed by atoms with Crippen LogP contribution in [0.25, 0.3) is 0 Å². The predicted octanol–water partition coefficient (Wildman–Crippen LogP) is 0.807. The SMILES string of the molecule is CCC(O)COCCOCC(O)C(C)C. The third-order valence-corrected chi connectivity index (χ3v) is 2.21. The monoisotopic (exact) mass is 220 g/mol. The molecule has 15 heavy (non-hydrogen) atoms. The molecule has 2 atom stereocenters. The van der Waals surface area contributed by atoms with Gasteiger partial charge in [0, 0.05) is 0 Å². The van der Waals surface area contributed by atoms with Crippen molar-refractivity contribution in [2.24, 2.45) is 5.92 Å². The highest BCUT2D eigenvalue weighted by molar-refractivity contribution is 4.57. The normalized spacial score (nSPS) is 15.6. The van der Waals surface area contributed by atoms with Gasteiger partial charge in [0.15, 0.2) is 0 Å². The molecule has 0 aromatic carbocycles. The van der Waals surface area contributed by atoms with Crippen LogP contribution in [0, 0.1) is 5.92 Å². The van der Waals surface area contributed by atoms with Crippen molar-refractivity contribution in [2.45, 2.75) is 39.4 Å². The van der Waals surface area contributed by atoms with E-state index in [0.29, 0.717) is 32.8 Å². The minimum absolute atomic E-state index is 0.216. The number of aliphatic hydroxyl groups excluding tert-OH is 2. The number of rotatable bonds is 9. The Kier molecular flexibility index (Phi) is 9.00. The third kappa shape index (κ3) is 8.81. The van der Waals surface area contributed by atoms with Crippen molar-refractivity contribution in [3.05, 3.63) is 0 Å². The molecule has 0 saturated heterocycles. The molecule has 2 N–H and O–H groups in total. The Morgan fingerprint density at radius 2 is 1.53 bits per heavy atom. The zero-order valence-corrected chi connectivity index (χ0v) is 9.98. The first-order valence-electron chi connectivity index (χ1n) is 5.59. The lowest BCUT2D eigenvalue weighted by Gasteiger charge is -2.14. The van der Waals surface area contributed by atoms with Crippen molar-refractivity contribution in [3.8, 4) is 0 Å². The Balaban J connectivity index is 3.18. The van der Waals surface area contributed by atoms with E-state index in [9.17, 15) is 5.11 Å². The van der Waals surface area contributed by atoms with Crippen LogP contribution >= 0.6 is 0 Å². The predicted molar refractivity (Wildman–Crippen MR) is 58.8 cm³/mol. The van der Waals surface area contributed by atoms with Crippen LogP contribution in [0.5, 0.6) is 0 Å². The van der Waals surface area contributed by atoms with Crippen molar-refractivity contribution < 1.29 is 19.7 Å². The molecule has 0 rings (SSSR count). The van der Waals surface area contributed by atoms with Crippen molar-refractivity contribution in [1.82, 2.24) is 0 Å². The summed E-state index contributed by atoms with van der Waals surface area (Å²) in [5.41, 5.74) is 0. The van der Waals surface area contributed by atoms with Crippen LogP contribution in [-0.2, 0) is 9.47 Å². The summed E-state index contributed by atoms with van der Waals surface area (Å²) in [6, 6.07) is 0. The summed E-state index contributed by atoms with van der Waals surface area (Å²) in [5, 5.41) is 18.6. The summed E-state index contributed by atoms with van der Waals surface area (Å²) in [6.45, 7) is 7.42. The van der Waals surface area contributed by atoms with Gasteiger partial charge in [-0.25, -0.2) is 0 Å². The van der Waals surface area contributed by atoms with E-state index in [0.717, 1.165) is 0 Å². The summed E-state index contributed by atoms with van der Waals surface area (Å²) in [6.07, 6.45) is -0.0927.